The fraction of sp³-hybridized carbons (Fsp3) is 0.250. The minimum Gasteiger partial charge on any atom is -0.496 e. The summed E-state index contributed by atoms with van der Waals surface area (Å²) in [4.78, 5) is 12.0. The number of rotatable bonds is 4. The maximum absolute atomic E-state index is 12.0. The Labute approximate surface area is 146 Å². The first kappa shape index (κ1) is 15.7. The molecule has 0 bridgehead atoms. The van der Waals surface area contributed by atoms with Gasteiger partial charge < -0.3 is 19.8 Å². The fourth-order valence-corrected chi connectivity index (χ4v) is 3.68. The molecule has 1 unspecified atom stereocenters. The number of aromatic nitrogens is 1. The molecule has 1 amide bonds. The molecule has 3 aromatic rings. The van der Waals surface area contributed by atoms with Crippen molar-refractivity contribution >= 4 is 16.8 Å². The van der Waals surface area contributed by atoms with Gasteiger partial charge in [0.15, 0.2) is 0 Å². The zero-order chi connectivity index (χ0) is 17.4. The largest absolute Gasteiger partial charge is 0.496 e. The number of benzene rings is 2. The van der Waals surface area contributed by atoms with Crippen molar-refractivity contribution in [2.24, 2.45) is 5.73 Å². The van der Waals surface area contributed by atoms with E-state index in [0.29, 0.717) is 19.8 Å². The van der Waals surface area contributed by atoms with Crippen LogP contribution in [0.5, 0.6) is 5.75 Å². The molecule has 1 aliphatic rings. The second-order valence-corrected chi connectivity index (χ2v) is 6.26. The van der Waals surface area contributed by atoms with Crippen LogP contribution in [0.1, 0.15) is 22.7 Å². The summed E-state index contributed by atoms with van der Waals surface area (Å²) in [5, 5.41) is 0.961. The molecule has 5 heteroatoms. The van der Waals surface area contributed by atoms with Gasteiger partial charge in [-0.25, -0.2) is 0 Å². The molecule has 0 saturated heterocycles. The second-order valence-electron chi connectivity index (χ2n) is 6.26. The SMILES string of the molecule is COc1cccc2c1c1c(n2Cc2ccccc2)COCC1C(N)=O. The van der Waals surface area contributed by atoms with Crippen molar-refractivity contribution in [3.8, 4) is 5.75 Å². The molecule has 2 heterocycles. The quantitative estimate of drug-likeness (QED) is 0.797. The van der Waals surface area contributed by atoms with Crippen LogP contribution in [-0.4, -0.2) is 24.2 Å². The molecule has 1 atom stereocenters. The summed E-state index contributed by atoms with van der Waals surface area (Å²) in [5.74, 6) is -0.0705. The zero-order valence-electron chi connectivity index (χ0n) is 14.1. The summed E-state index contributed by atoms with van der Waals surface area (Å²) in [6, 6.07) is 16.2. The molecule has 2 N–H and O–H groups in total. The van der Waals surface area contributed by atoms with Crippen molar-refractivity contribution in [1.82, 2.24) is 4.57 Å². The Balaban J connectivity index is 1.98. The molecule has 1 aliphatic heterocycles. The topological polar surface area (TPSA) is 66.5 Å². The van der Waals surface area contributed by atoms with Crippen molar-refractivity contribution in [2.45, 2.75) is 19.1 Å². The van der Waals surface area contributed by atoms with E-state index in [2.05, 4.69) is 22.8 Å². The van der Waals surface area contributed by atoms with E-state index in [-0.39, 0.29) is 5.91 Å². The third-order valence-corrected chi connectivity index (χ3v) is 4.82. The molecule has 0 spiro atoms. The predicted octanol–water partition coefficient (Wildman–Crippen LogP) is 2.80. The summed E-state index contributed by atoms with van der Waals surface area (Å²) in [6.45, 7) is 1.48. The number of hydrogen-bond acceptors (Lipinski definition) is 3. The smallest absolute Gasteiger partial charge is 0.227 e. The van der Waals surface area contributed by atoms with E-state index in [1.807, 2.05) is 30.3 Å². The van der Waals surface area contributed by atoms with Crippen molar-refractivity contribution in [3.63, 3.8) is 0 Å². The third-order valence-electron chi connectivity index (χ3n) is 4.82. The van der Waals surface area contributed by atoms with Crippen LogP contribution in [0.15, 0.2) is 48.5 Å². The van der Waals surface area contributed by atoms with E-state index in [1.165, 1.54) is 5.56 Å². The van der Waals surface area contributed by atoms with Gasteiger partial charge in [0.25, 0.3) is 0 Å². The van der Waals surface area contributed by atoms with E-state index in [9.17, 15) is 4.79 Å². The van der Waals surface area contributed by atoms with Gasteiger partial charge in [-0.2, -0.15) is 0 Å². The van der Waals surface area contributed by atoms with Crippen molar-refractivity contribution in [1.29, 1.82) is 0 Å². The number of amides is 1. The van der Waals surface area contributed by atoms with Crippen LogP contribution in [0.3, 0.4) is 0 Å². The van der Waals surface area contributed by atoms with E-state index >= 15 is 0 Å². The Morgan fingerprint density at radius 3 is 2.76 bits per heavy atom. The van der Waals surface area contributed by atoms with Gasteiger partial charge in [-0.3, -0.25) is 4.79 Å². The van der Waals surface area contributed by atoms with Gasteiger partial charge in [0.05, 0.1) is 31.8 Å². The molecular formula is C20H20N2O3. The first-order valence-corrected chi connectivity index (χ1v) is 8.29. The maximum Gasteiger partial charge on any atom is 0.227 e. The predicted molar refractivity (Wildman–Crippen MR) is 95.6 cm³/mol. The Bertz CT molecular complexity index is 931. The third kappa shape index (κ3) is 2.57. The van der Waals surface area contributed by atoms with Crippen LogP contribution in [0, 0.1) is 0 Å². The number of nitrogens with zero attached hydrogens (tertiary/aromatic N) is 1. The summed E-state index contributed by atoms with van der Waals surface area (Å²) >= 11 is 0. The molecule has 0 aliphatic carbocycles. The van der Waals surface area contributed by atoms with Crippen LogP contribution < -0.4 is 10.5 Å². The average Bonchev–Trinajstić information content (AvgIpc) is 2.96. The molecule has 4 rings (SSSR count). The monoisotopic (exact) mass is 336 g/mol. The Kier molecular flexibility index (Phi) is 3.93. The number of methoxy groups -OCH3 is 1. The summed E-state index contributed by atoms with van der Waals surface area (Å²) in [7, 11) is 1.65. The van der Waals surface area contributed by atoms with E-state index in [4.69, 9.17) is 15.2 Å². The van der Waals surface area contributed by atoms with Gasteiger partial charge in [-0.05, 0) is 17.7 Å². The molecule has 0 fully saturated rings. The number of carbonyl (C=O) groups is 1. The number of nitrogens with two attached hydrogens (primary N) is 1. The number of ether oxygens (including phenoxy) is 2. The number of hydrogen-bond donors (Lipinski definition) is 1. The van der Waals surface area contributed by atoms with E-state index in [1.54, 1.807) is 7.11 Å². The van der Waals surface area contributed by atoms with Crippen LogP contribution in [0.4, 0.5) is 0 Å². The molecule has 1 aromatic heterocycles. The van der Waals surface area contributed by atoms with Crippen molar-refractivity contribution in [3.05, 3.63) is 65.4 Å². The lowest BCUT2D eigenvalue weighted by atomic mass is 9.94. The Hall–Kier alpha value is -2.79. The molecule has 0 radical (unpaired) electrons. The summed E-state index contributed by atoms with van der Waals surface area (Å²) in [6.07, 6.45) is 0. The van der Waals surface area contributed by atoms with Gasteiger partial charge in [0.1, 0.15) is 5.75 Å². The van der Waals surface area contributed by atoms with Crippen LogP contribution in [0.2, 0.25) is 0 Å². The highest BCUT2D eigenvalue weighted by molar-refractivity contribution is 5.97. The van der Waals surface area contributed by atoms with E-state index < -0.39 is 5.92 Å². The molecule has 5 nitrogen and oxygen atoms in total. The number of fused-ring (bicyclic) bond motifs is 3. The summed E-state index contributed by atoms with van der Waals surface area (Å²) in [5.41, 5.74) is 9.82. The first-order valence-electron chi connectivity index (χ1n) is 8.29. The molecule has 2 aromatic carbocycles. The first-order chi connectivity index (χ1) is 12.2. The standard InChI is InChI=1S/C20H20N2O3/c1-24-17-9-5-8-15-19(17)18-14(20(21)23)11-25-12-16(18)22(15)10-13-6-3-2-4-7-13/h2-9,14H,10-12H2,1H3,(H2,21,23). The fourth-order valence-electron chi connectivity index (χ4n) is 3.68. The Morgan fingerprint density at radius 1 is 1.24 bits per heavy atom. The minimum absolute atomic E-state index is 0.310. The van der Waals surface area contributed by atoms with Crippen molar-refractivity contribution in [2.75, 3.05) is 13.7 Å². The second kappa shape index (κ2) is 6.26. The highest BCUT2D eigenvalue weighted by Gasteiger charge is 2.32. The van der Waals surface area contributed by atoms with Crippen LogP contribution >= 0.6 is 0 Å². The lowest BCUT2D eigenvalue weighted by Crippen LogP contribution is -2.29. The number of carbonyl (C=O) groups excluding carboxylic acids is 1. The highest BCUT2D eigenvalue weighted by Crippen LogP contribution is 2.40. The molecule has 128 valence electrons. The molecular weight excluding hydrogens is 316 g/mol. The summed E-state index contributed by atoms with van der Waals surface area (Å²) < 4.78 is 13.5. The minimum atomic E-state index is -0.459. The van der Waals surface area contributed by atoms with Gasteiger partial charge in [-0.15, -0.1) is 0 Å². The maximum atomic E-state index is 12.0. The van der Waals surface area contributed by atoms with Gasteiger partial charge in [-0.1, -0.05) is 36.4 Å². The molecule has 0 saturated carbocycles. The van der Waals surface area contributed by atoms with Crippen LogP contribution in [-0.2, 0) is 22.7 Å². The average molecular weight is 336 g/mol. The Morgan fingerprint density at radius 2 is 2.04 bits per heavy atom. The van der Waals surface area contributed by atoms with Crippen LogP contribution in [0.25, 0.3) is 10.9 Å². The van der Waals surface area contributed by atoms with Gasteiger partial charge >= 0.3 is 0 Å². The number of primary amides is 1. The molecule has 25 heavy (non-hydrogen) atoms. The lowest BCUT2D eigenvalue weighted by Gasteiger charge is -2.23. The van der Waals surface area contributed by atoms with Crippen molar-refractivity contribution < 1.29 is 14.3 Å². The van der Waals surface area contributed by atoms with E-state index in [0.717, 1.165) is 27.9 Å². The zero-order valence-corrected chi connectivity index (χ0v) is 14.1. The highest BCUT2D eigenvalue weighted by atomic mass is 16.5. The van der Waals surface area contributed by atoms with Gasteiger partial charge in [0.2, 0.25) is 5.91 Å². The lowest BCUT2D eigenvalue weighted by molar-refractivity contribution is -0.121. The van der Waals surface area contributed by atoms with Gasteiger partial charge in [0, 0.05) is 23.2 Å². The normalized spacial score (nSPS) is 16.6.